The topological polar surface area (TPSA) is 9.23 Å². The Balaban J connectivity index is 3.35. The maximum absolute atomic E-state index is 11.5. The predicted molar refractivity (Wildman–Crippen MR) is 45.4 cm³/mol. The quantitative estimate of drug-likeness (QED) is 0.482. The molecule has 13 heavy (non-hydrogen) atoms. The Labute approximate surface area is 75.9 Å². The van der Waals surface area contributed by atoms with Crippen molar-refractivity contribution < 1.29 is 17.9 Å². The first kappa shape index (κ1) is 12.2. The van der Waals surface area contributed by atoms with Crippen LogP contribution in [0.25, 0.3) is 0 Å². The second kappa shape index (κ2) is 6.71. The summed E-state index contributed by atoms with van der Waals surface area (Å²) in [5.41, 5.74) is 0. The first-order chi connectivity index (χ1) is 6.06. The van der Waals surface area contributed by atoms with Gasteiger partial charge in [0.05, 0.1) is 6.61 Å². The van der Waals surface area contributed by atoms with Gasteiger partial charge in [0, 0.05) is 0 Å². The Morgan fingerprint density at radius 3 is 2.31 bits per heavy atom. The summed E-state index contributed by atoms with van der Waals surface area (Å²) in [6, 6.07) is 0. The minimum atomic E-state index is -4.23. The third kappa shape index (κ3) is 11.2. The van der Waals surface area contributed by atoms with Crippen molar-refractivity contribution in [3.63, 3.8) is 0 Å². The van der Waals surface area contributed by atoms with E-state index >= 15 is 0 Å². The summed E-state index contributed by atoms with van der Waals surface area (Å²) in [7, 11) is 0. The number of hydrogen-bond donors (Lipinski definition) is 0. The van der Waals surface area contributed by atoms with Gasteiger partial charge in [-0.15, -0.1) is 0 Å². The Morgan fingerprint density at radius 1 is 1.15 bits per heavy atom. The van der Waals surface area contributed by atoms with E-state index in [-0.39, 0.29) is 6.61 Å². The summed E-state index contributed by atoms with van der Waals surface area (Å²) >= 11 is 0. The Kier molecular flexibility index (Phi) is 6.32. The fraction of sp³-hybridized carbons (Fsp3) is 0.556. The fourth-order valence-electron chi connectivity index (χ4n) is 0.591. The molecule has 0 N–H and O–H groups in total. The molecule has 0 aliphatic heterocycles. The van der Waals surface area contributed by atoms with Crippen molar-refractivity contribution in [2.45, 2.75) is 19.5 Å². The number of rotatable bonds is 5. The molecule has 0 aromatic rings. The van der Waals surface area contributed by atoms with Gasteiger partial charge in [0.15, 0.2) is 0 Å². The Hall–Kier alpha value is -0.770. The van der Waals surface area contributed by atoms with E-state index in [1.165, 1.54) is 6.08 Å². The van der Waals surface area contributed by atoms with Crippen LogP contribution in [0.15, 0.2) is 24.3 Å². The van der Waals surface area contributed by atoms with Gasteiger partial charge in [-0.1, -0.05) is 31.2 Å². The predicted octanol–water partition coefficient (Wildman–Crippen LogP) is 3.09. The molecule has 0 radical (unpaired) electrons. The van der Waals surface area contributed by atoms with Gasteiger partial charge in [-0.05, 0) is 6.42 Å². The van der Waals surface area contributed by atoms with E-state index < -0.39 is 12.8 Å². The van der Waals surface area contributed by atoms with Crippen LogP contribution in [0.3, 0.4) is 0 Å². The summed E-state index contributed by atoms with van der Waals surface area (Å²) in [5, 5.41) is 0. The zero-order chi connectivity index (χ0) is 10.2. The minimum Gasteiger partial charge on any atom is -0.368 e. The van der Waals surface area contributed by atoms with Crippen molar-refractivity contribution in [2.24, 2.45) is 0 Å². The first-order valence-corrected chi connectivity index (χ1v) is 4.02. The average molecular weight is 194 g/mol. The van der Waals surface area contributed by atoms with Crippen LogP contribution in [-0.4, -0.2) is 19.4 Å². The standard InChI is InChI=1S/C9H13F3O/c1-2-3-4-5-6-7-13-8-9(10,11)12/h3-6H,2,7-8H2,1H3/b4-3-,6-5-. The van der Waals surface area contributed by atoms with Crippen LogP contribution < -0.4 is 0 Å². The van der Waals surface area contributed by atoms with E-state index in [0.29, 0.717) is 0 Å². The zero-order valence-electron chi connectivity index (χ0n) is 7.47. The van der Waals surface area contributed by atoms with Crippen molar-refractivity contribution in [1.29, 1.82) is 0 Å². The average Bonchev–Trinajstić information content (AvgIpc) is 2.01. The van der Waals surface area contributed by atoms with Gasteiger partial charge in [0.1, 0.15) is 6.61 Å². The Bertz CT molecular complexity index is 170. The van der Waals surface area contributed by atoms with E-state index in [4.69, 9.17) is 0 Å². The van der Waals surface area contributed by atoms with Gasteiger partial charge in [-0.2, -0.15) is 13.2 Å². The molecule has 0 unspecified atom stereocenters. The summed E-state index contributed by atoms with van der Waals surface area (Å²) in [6.45, 7) is 0.785. The molecule has 0 saturated carbocycles. The third-order valence-corrected chi connectivity index (χ3v) is 1.10. The second-order valence-corrected chi connectivity index (χ2v) is 2.39. The second-order valence-electron chi connectivity index (χ2n) is 2.39. The lowest BCUT2D eigenvalue weighted by atomic mass is 10.4. The molecule has 0 atom stereocenters. The normalized spacial score (nSPS) is 13.2. The zero-order valence-corrected chi connectivity index (χ0v) is 7.47. The number of ether oxygens (including phenoxy) is 1. The van der Waals surface area contributed by atoms with Gasteiger partial charge in [-0.3, -0.25) is 0 Å². The molecular weight excluding hydrogens is 181 g/mol. The van der Waals surface area contributed by atoms with Crippen LogP contribution in [0, 0.1) is 0 Å². The van der Waals surface area contributed by atoms with Crippen molar-refractivity contribution in [2.75, 3.05) is 13.2 Å². The molecule has 4 heteroatoms. The maximum Gasteiger partial charge on any atom is 0.411 e. The number of alkyl halides is 3. The molecular formula is C9H13F3O. The lowest BCUT2D eigenvalue weighted by Gasteiger charge is -2.04. The molecule has 76 valence electrons. The van der Waals surface area contributed by atoms with Crippen molar-refractivity contribution in [3.8, 4) is 0 Å². The van der Waals surface area contributed by atoms with Gasteiger partial charge in [0.25, 0.3) is 0 Å². The molecule has 1 nitrogen and oxygen atoms in total. The SMILES string of the molecule is CC/C=C\C=C/COCC(F)(F)F. The van der Waals surface area contributed by atoms with E-state index in [2.05, 4.69) is 4.74 Å². The smallest absolute Gasteiger partial charge is 0.368 e. The Morgan fingerprint density at radius 2 is 1.77 bits per heavy atom. The summed E-state index contributed by atoms with van der Waals surface area (Å²) in [4.78, 5) is 0. The molecule has 0 aliphatic rings. The van der Waals surface area contributed by atoms with Crippen LogP contribution in [-0.2, 0) is 4.74 Å². The van der Waals surface area contributed by atoms with E-state index in [9.17, 15) is 13.2 Å². The molecule has 0 rings (SSSR count). The molecule has 0 spiro atoms. The lowest BCUT2D eigenvalue weighted by molar-refractivity contribution is -0.171. The van der Waals surface area contributed by atoms with Crippen molar-refractivity contribution in [3.05, 3.63) is 24.3 Å². The summed E-state index contributed by atoms with van der Waals surface area (Å²) in [6.07, 6.45) is 3.57. The highest BCUT2D eigenvalue weighted by Gasteiger charge is 2.26. The molecule has 0 saturated heterocycles. The van der Waals surface area contributed by atoms with Gasteiger partial charge in [0.2, 0.25) is 0 Å². The van der Waals surface area contributed by atoms with Gasteiger partial charge in [-0.25, -0.2) is 0 Å². The number of halogens is 3. The first-order valence-electron chi connectivity index (χ1n) is 4.02. The van der Waals surface area contributed by atoms with Gasteiger partial charge < -0.3 is 4.74 Å². The molecule has 0 fully saturated rings. The summed E-state index contributed by atoms with van der Waals surface area (Å²) in [5.74, 6) is 0. The van der Waals surface area contributed by atoms with Crippen LogP contribution in [0.5, 0.6) is 0 Å². The van der Waals surface area contributed by atoms with Crippen LogP contribution in [0.4, 0.5) is 13.2 Å². The molecule has 0 heterocycles. The van der Waals surface area contributed by atoms with E-state index in [0.717, 1.165) is 6.42 Å². The molecule has 0 amide bonds. The summed E-state index contributed by atoms with van der Waals surface area (Å²) < 4.78 is 38.9. The monoisotopic (exact) mass is 194 g/mol. The highest BCUT2D eigenvalue weighted by Crippen LogP contribution is 2.14. The molecule has 0 aliphatic carbocycles. The maximum atomic E-state index is 11.5. The van der Waals surface area contributed by atoms with Gasteiger partial charge >= 0.3 is 6.18 Å². The van der Waals surface area contributed by atoms with Crippen LogP contribution in [0.1, 0.15) is 13.3 Å². The van der Waals surface area contributed by atoms with Crippen molar-refractivity contribution >= 4 is 0 Å². The number of allylic oxidation sites excluding steroid dienone is 3. The number of hydrogen-bond acceptors (Lipinski definition) is 1. The van der Waals surface area contributed by atoms with Crippen LogP contribution in [0.2, 0.25) is 0 Å². The van der Waals surface area contributed by atoms with Crippen LogP contribution >= 0.6 is 0 Å². The highest BCUT2D eigenvalue weighted by molar-refractivity contribution is 5.01. The van der Waals surface area contributed by atoms with E-state index in [1.54, 1.807) is 12.2 Å². The van der Waals surface area contributed by atoms with E-state index in [1.807, 2.05) is 13.0 Å². The highest BCUT2D eigenvalue weighted by atomic mass is 19.4. The van der Waals surface area contributed by atoms with Crippen molar-refractivity contribution in [1.82, 2.24) is 0 Å². The third-order valence-electron chi connectivity index (χ3n) is 1.10. The molecule has 0 aromatic heterocycles. The largest absolute Gasteiger partial charge is 0.411 e. The fourth-order valence-corrected chi connectivity index (χ4v) is 0.591. The minimum absolute atomic E-state index is 0.00638. The lowest BCUT2D eigenvalue weighted by Crippen LogP contribution is -2.16. The molecule has 0 aromatic carbocycles. The molecule has 0 bridgehead atoms.